The Balaban J connectivity index is 2.34. The van der Waals surface area contributed by atoms with Crippen molar-refractivity contribution in [3.8, 4) is 0 Å². The SMILES string of the molecule is CC(C)C1c2ccccc2C(=O)N(C)c2ccccc21. The highest BCUT2D eigenvalue weighted by atomic mass is 16.2. The normalized spacial score (nSPS) is 17.7. The first-order chi connectivity index (χ1) is 9.61. The molecule has 0 aromatic heterocycles. The van der Waals surface area contributed by atoms with Crippen LogP contribution in [0.15, 0.2) is 48.5 Å². The van der Waals surface area contributed by atoms with E-state index in [9.17, 15) is 4.79 Å². The van der Waals surface area contributed by atoms with Crippen LogP contribution in [0.1, 0.15) is 41.3 Å². The van der Waals surface area contributed by atoms with Crippen molar-refractivity contribution in [3.05, 3.63) is 65.2 Å². The van der Waals surface area contributed by atoms with Gasteiger partial charge in [-0.2, -0.15) is 0 Å². The number of hydrogen-bond acceptors (Lipinski definition) is 1. The monoisotopic (exact) mass is 265 g/mol. The van der Waals surface area contributed by atoms with Gasteiger partial charge in [0, 0.05) is 24.2 Å². The fourth-order valence-corrected chi connectivity index (χ4v) is 3.19. The first-order valence-corrected chi connectivity index (χ1v) is 7.07. The van der Waals surface area contributed by atoms with Crippen molar-refractivity contribution in [2.75, 3.05) is 11.9 Å². The summed E-state index contributed by atoms with van der Waals surface area (Å²) in [5.74, 6) is 0.782. The Morgan fingerprint density at radius 3 is 2.25 bits per heavy atom. The largest absolute Gasteiger partial charge is 0.311 e. The fraction of sp³-hybridized carbons (Fsp3) is 0.278. The molecule has 2 nitrogen and oxygen atoms in total. The van der Waals surface area contributed by atoms with E-state index in [4.69, 9.17) is 0 Å². The molecular weight excluding hydrogens is 246 g/mol. The van der Waals surface area contributed by atoms with Gasteiger partial charge in [0.25, 0.3) is 5.91 Å². The van der Waals surface area contributed by atoms with Crippen LogP contribution in [0, 0.1) is 5.92 Å². The lowest BCUT2D eigenvalue weighted by molar-refractivity contribution is 0.0993. The van der Waals surface area contributed by atoms with Crippen LogP contribution in [-0.4, -0.2) is 13.0 Å². The number of hydrogen-bond donors (Lipinski definition) is 0. The predicted octanol–water partition coefficient (Wildman–Crippen LogP) is 4.06. The third kappa shape index (κ3) is 1.83. The summed E-state index contributed by atoms with van der Waals surface area (Å²) in [5.41, 5.74) is 4.23. The molecule has 0 radical (unpaired) electrons. The van der Waals surface area contributed by atoms with Crippen LogP contribution in [-0.2, 0) is 0 Å². The van der Waals surface area contributed by atoms with E-state index >= 15 is 0 Å². The van der Waals surface area contributed by atoms with E-state index in [2.05, 4.69) is 32.0 Å². The average molecular weight is 265 g/mol. The highest BCUT2D eigenvalue weighted by Crippen LogP contribution is 2.41. The molecule has 3 rings (SSSR count). The zero-order chi connectivity index (χ0) is 14.3. The third-order valence-corrected chi connectivity index (χ3v) is 4.13. The van der Waals surface area contributed by atoms with E-state index in [0.29, 0.717) is 5.92 Å². The van der Waals surface area contributed by atoms with E-state index in [1.54, 1.807) is 4.90 Å². The van der Waals surface area contributed by atoms with E-state index < -0.39 is 0 Å². The van der Waals surface area contributed by atoms with Crippen LogP contribution >= 0.6 is 0 Å². The maximum Gasteiger partial charge on any atom is 0.258 e. The maximum absolute atomic E-state index is 12.7. The molecule has 2 aromatic rings. The maximum atomic E-state index is 12.7. The molecule has 1 atom stereocenters. The molecule has 1 aliphatic rings. The number of para-hydroxylation sites is 1. The van der Waals surface area contributed by atoms with E-state index in [1.807, 2.05) is 37.4 Å². The van der Waals surface area contributed by atoms with Crippen molar-refractivity contribution in [1.82, 2.24) is 0 Å². The minimum Gasteiger partial charge on any atom is -0.311 e. The smallest absolute Gasteiger partial charge is 0.258 e. The van der Waals surface area contributed by atoms with Gasteiger partial charge in [0.15, 0.2) is 0 Å². The minimum atomic E-state index is 0.0798. The summed E-state index contributed by atoms with van der Waals surface area (Å²) in [7, 11) is 1.86. The molecule has 2 aromatic carbocycles. The fourth-order valence-electron chi connectivity index (χ4n) is 3.19. The molecule has 1 heterocycles. The van der Waals surface area contributed by atoms with Gasteiger partial charge in [-0.05, 0) is 29.2 Å². The van der Waals surface area contributed by atoms with Gasteiger partial charge in [-0.3, -0.25) is 4.79 Å². The summed E-state index contributed by atoms with van der Waals surface area (Å²) < 4.78 is 0. The summed E-state index contributed by atoms with van der Waals surface area (Å²) in [6.45, 7) is 4.43. The summed E-state index contributed by atoms with van der Waals surface area (Å²) in [4.78, 5) is 14.5. The van der Waals surface area contributed by atoms with Crippen molar-refractivity contribution in [2.24, 2.45) is 5.92 Å². The Labute approximate surface area is 120 Å². The lowest BCUT2D eigenvalue weighted by atomic mass is 9.81. The highest BCUT2D eigenvalue weighted by Gasteiger charge is 2.31. The van der Waals surface area contributed by atoms with Crippen LogP contribution < -0.4 is 4.90 Å². The molecule has 0 spiro atoms. The summed E-state index contributed by atoms with van der Waals surface area (Å²) in [5, 5.41) is 0. The zero-order valence-corrected chi connectivity index (χ0v) is 12.1. The number of carbonyl (C=O) groups is 1. The average Bonchev–Trinajstić information content (AvgIpc) is 2.55. The standard InChI is InChI=1S/C18H19NO/c1-12(2)17-13-8-4-5-9-14(13)18(20)19(3)16-11-7-6-10-15(16)17/h4-12,17H,1-3H3. The van der Waals surface area contributed by atoms with Crippen molar-refractivity contribution in [2.45, 2.75) is 19.8 Å². The van der Waals surface area contributed by atoms with Crippen molar-refractivity contribution < 1.29 is 4.79 Å². The van der Waals surface area contributed by atoms with E-state index in [-0.39, 0.29) is 11.8 Å². The molecule has 0 aliphatic carbocycles. The van der Waals surface area contributed by atoms with Crippen LogP contribution in [0.4, 0.5) is 5.69 Å². The third-order valence-electron chi connectivity index (χ3n) is 4.13. The molecule has 0 N–H and O–H groups in total. The van der Waals surface area contributed by atoms with Gasteiger partial charge in [-0.25, -0.2) is 0 Å². The Bertz CT molecular complexity index is 660. The molecule has 102 valence electrons. The zero-order valence-electron chi connectivity index (χ0n) is 12.1. The molecule has 1 aliphatic heterocycles. The van der Waals surface area contributed by atoms with Crippen LogP contribution in [0.2, 0.25) is 0 Å². The number of benzene rings is 2. The van der Waals surface area contributed by atoms with Gasteiger partial charge < -0.3 is 4.90 Å². The Hall–Kier alpha value is -2.09. The number of fused-ring (bicyclic) bond motifs is 2. The second-order valence-corrected chi connectivity index (χ2v) is 5.73. The van der Waals surface area contributed by atoms with Crippen LogP contribution in [0.25, 0.3) is 0 Å². The lowest BCUT2D eigenvalue weighted by Crippen LogP contribution is -2.25. The van der Waals surface area contributed by atoms with E-state index in [0.717, 1.165) is 16.8 Å². The Kier molecular flexibility index (Phi) is 3.09. The van der Waals surface area contributed by atoms with Crippen molar-refractivity contribution in [3.63, 3.8) is 0 Å². The molecular formula is C18H19NO. The molecule has 0 fully saturated rings. The van der Waals surface area contributed by atoms with Gasteiger partial charge >= 0.3 is 0 Å². The number of nitrogens with zero attached hydrogens (tertiary/aromatic N) is 1. The summed E-state index contributed by atoms with van der Waals surface area (Å²) >= 11 is 0. The van der Waals surface area contributed by atoms with Gasteiger partial charge in [0.05, 0.1) is 0 Å². The van der Waals surface area contributed by atoms with Gasteiger partial charge in [-0.15, -0.1) is 0 Å². The molecule has 1 unspecified atom stereocenters. The summed E-state index contributed by atoms with van der Waals surface area (Å²) in [6.07, 6.45) is 0. The number of anilines is 1. The molecule has 0 saturated heterocycles. The molecule has 0 saturated carbocycles. The van der Waals surface area contributed by atoms with Gasteiger partial charge in [-0.1, -0.05) is 50.2 Å². The molecule has 20 heavy (non-hydrogen) atoms. The first-order valence-electron chi connectivity index (χ1n) is 7.07. The topological polar surface area (TPSA) is 20.3 Å². The highest BCUT2D eigenvalue weighted by molar-refractivity contribution is 6.08. The van der Waals surface area contributed by atoms with Crippen LogP contribution in [0.3, 0.4) is 0 Å². The van der Waals surface area contributed by atoms with Crippen LogP contribution in [0.5, 0.6) is 0 Å². The molecule has 2 heteroatoms. The van der Waals surface area contributed by atoms with Gasteiger partial charge in [0.1, 0.15) is 0 Å². The van der Waals surface area contributed by atoms with Crippen molar-refractivity contribution in [1.29, 1.82) is 0 Å². The second-order valence-electron chi connectivity index (χ2n) is 5.73. The number of amides is 1. The molecule has 1 amide bonds. The predicted molar refractivity (Wildman–Crippen MR) is 82.3 cm³/mol. The number of rotatable bonds is 1. The minimum absolute atomic E-state index is 0.0798. The van der Waals surface area contributed by atoms with Crippen molar-refractivity contribution >= 4 is 11.6 Å². The van der Waals surface area contributed by atoms with E-state index in [1.165, 1.54) is 5.56 Å². The quantitative estimate of drug-likeness (QED) is 0.761. The lowest BCUT2D eigenvalue weighted by Gasteiger charge is -2.24. The van der Waals surface area contributed by atoms with Gasteiger partial charge in [0.2, 0.25) is 0 Å². The number of carbonyl (C=O) groups excluding carboxylic acids is 1. The summed E-state index contributed by atoms with van der Waals surface area (Å²) in [6, 6.07) is 16.2. The molecule has 0 bridgehead atoms. The second kappa shape index (κ2) is 4.78. The Morgan fingerprint density at radius 1 is 0.950 bits per heavy atom. The Morgan fingerprint density at radius 2 is 1.55 bits per heavy atom. The first kappa shape index (κ1) is 12.9.